The Morgan fingerprint density at radius 1 is 1.37 bits per heavy atom. The Hall–Kier alpha value is -1.11. The first-order valence-electron chi connectivity index (χ1n) is 5.14. The first kappa shape index (κ1) is 15.9. The molecular formula is C11H11Cl2NO4S. The van der Waals surface area contributed by atoms with E-state index in [4.69, 9.17) is 28.3 Å². The van der Waals surface area contributed by atoms with Crippen molar-refractivity contribution in [3.8, 4) is 0 Å². The lowest BCUT2D eigenvalue weighted by molar-refractivity contribution is -0.140. The van der Waals surface area contributed by atoms with E-state index in [0.29, 0.717) is 9.92 Å². The van der Waals surface area contributed by atoms with E-state index < -0.39 is 28.7 Å². The van der Waals surface area contributed by atoms with Gasteiger partial charge >= 0.3 is 5.97 Å². The van der Waals surface area contributed by atoms with Gasteiger partial charge in [0.15, 0.2) is 0 Å². The van der Waals surface area contributed by atoms with Gasteiger partial charge in [0.1, 0.15) is 6.04 Å². The van der Waals surface area contributed by atoms with Gasteiger partial charge in [0, 0.05) is 11.8 Å². The fourth-order valence-corrected chi connectivity index (χ4v) is 2.84. The molecule has 0 aromatic heterocycles. The average molecular weight is 324 g/mol. The van der Waals surface area contributed by atoms with Crippen molar-refractivity contribution in [1.29, 1.82) is 0 Å². The minimum absolute atomic E-state index is 0.235. The molecule has 0 spiro atoms. The van der Waals surface area contributed by atoms with Gasteiger partial charge in [-0.2, -0.15) is 0 Å². The quantitative estimate of drug-likeness (QED) is 0.863. The van der Waals surface area contributed by atoms with Gasteiger partial charge in [0.25, 0.3) is 0 Å². The van der Waals surface area contributed by atoms with Crippen molar-refractivity contribution >= 4 is 45.9 Å². The zero-order valence-electron chi connectivity index (χ0n) is 9.85. The average Bonchev–Trinajstić information content (AvgIpc) is 2.31. The summed E-state index contributed by atoms with van der Waals surface area (Å²) < 4.78 is 12.0. The van der Waals surface area contributed by atoms with Crippen LogP contribution in [0.2, 0.25) is 10.0 Å². The van der Waals surface area contributed by atoms with Gasteiger partial charge in [-0.15, -0.1) is 0 Å². The van der Waals surface area contributed by atoms with E-state index in [9.17, 15) is 13.8 Å². The molecule has 0 aliphatic rings. The third-order valence-corrected chi connectivity index (χ3v) is 4.30. The van der Waals surface area contributed by atoms with Gasteiger partial charge in [0.2, 0.25) is 5.91 Å². The largest absolute Gasteiger partial charge is 0.480 e. The fraction of sp³-hybridized carbons (Fsp3) is 0.273. The molecular weight excluding hydrogens is 313 g/mol. The molecule has 0 aliphatic heterocycles. The van der Waals surface area contributed by atoms with Gasteiger partial charge in [-0.3, -0.25) is 9.00 Å². The molecule has 0 heterocycles. The number of aliphatic carboxylic acids is 1. The summed E-state index contributed by atoms with van der Waals surface area (Å²) in [4.78, 5) is 22.1. The number of rotatable bonds is 5. The molecule has 2 atom stereocenters. The summed E-state index contributed by atoms with van der Waals surface area (Å²) in [5.74, 6) is -1.99. The number of nitrogens with one attached hydrogen (secondary N) is 1. The van der Waals surface area contributed by atoms with Crippen molar-refractivity contribution in [1.82, 2.24) is 5.32 Å². The summed E-state index contributed by atoms with van der Waals surface area (Å²) in [6.07, 6.45) is 0. The lowest BCUT2D eigenvalue weighted by Gasteiger charge is -2.13. The highest BCUT2D eigenvalue weighted by Gasteiger charge is 2.22. The maximum atomic E-state index is 12.0. The molecule has 0 bridgehead atoms. The highest BCUT2D eigenvalue weighted by Crippen LogP contribution is 2.24. The number of halogens is 2. The third-order valence-electron chi connectivity index (χ3n) is 2.15. The summed E-state index contributed by atoms with van der Waals surface area (Å²) >= 11 is 11.5. The van der Waals surface area contributed by atoms with E-state index in [1.807, 2.05) is 0 Å². The van der Waals surface area contributed by atoms with Crippen LogP contribution in [-0.4, -0.2) is 33.0 Å². The summed E-state index contributed by atoms with van der Waals surface area (Å²) in [6, 6.07) is 3.17. The summed E-state index contributed by atoms with van der Waals surface area (Å²) in [7, 11) is -1.61. The highest BCUT2D eigenvalue weighted by atomic mass is 35.5. The molecule has 1 amide bonds. The topological polar surface area (TPSA) is 83.5 Å². The number of amides is 1. The van der Waals surface area contributed by atoms with Crippen molar-refractivity contribution in [3.63, 3.8) is 0 Å². The Morgan fingerprint density at radius 2 is 2.00 bits per heavy atom. The molecule has 1 rings (SSSR count). The first-order valence-corrected chi connectivity index (χ1v) is 7.22. The normalized spacial score (nSPS) is 13.6. The lowest BCUT2D eigenvalue weighted by Crippen LogP contribution is -2.43. The van der Waals surface area contributed by atoms with Crippen LogP contribution in [0.15, 0.2) is 23.1 Å². The minimum Gasteiger partial charge on any atom is -0.480 e. The molecule has 2 unspecified atom stereocenters. The zero-order chi connectivity index (χ0) is 14.6. The van der Waals surface area contributed by atoms with Crippen molar-refractivity contribution in [3.05, 3.63) is 28.2 Å². The van der Waals surface area contributed by atoms with Crippen LogP contribution in [0, 0.1) is 0 Å². The highest BCUT2D eigenvalue weighted by molar-refractivity contribution is 7.85. The third kappa shape index (κ3) is 4.81. The molecule has 5 nitrogen and oxygen atoms in total. The van der Waals surface area contributed by atoms with Crippen molar-refractivity contribution in [2.24, 2.45) is 0 Å². The zero-order valence-corrected chi connectivity index (χ0v) is 12.2. The van der Waals surface area contributed by atoms with Crippen LogP contribution in [0.3, 0.4) is 0 Å². The Kier molecular flexibility index (Phi) is 5.78. The molecule has 0 fully saturated rings. The number of hydrogen-bond donors (Lipinski definition) is 2. The van der Waals surface area contributed by atoms with E-state index in [1.165, 1.54) is 25.1 Å². The van der Waals surface area contributed by atoms with Crippen LogP contribution >= 0.6 is 23.2 Å². The van der Waals surface area contributed by atoms with E-state index in [0.717, 1.165) is 0 Å². The number of carbonyl (C=O) groups is 2. The number of carboxylic acid groups (broad SMARTS) is 1. The van der Waals surface area contributed by atoms with Crippen LogP contribution in [0.1, 0.15) is 6.92 Å². The van der Waals surface area contributed by atoms with E-state index in [2.05, 4.69) is 5.32 Å². The Bertz CT molecular complexity index is 535. The molecule has 0 aliphatic carbocycles. The van der Waals surface area contributed by atoms with Crippen LogP contribution < -0.4 is 5.32 Å². The monoisotopic (exact) mass is 323 g/mol. The van der Waals surface area contributed by atoms with Gasteiger partial charge in [-0.05, 0) is 18.2 Å². The summed E-state index contributed by atoms with van der Waals surface area (Å²) in [6.45, 7) is 1.19. The molecule has 1 aromatic carbocycles. The molecule has 104 valence electrons. The lowest BCUT2D eigenvalue weighted by atomic mass is 10.3. The Labute approximate surface area is 122 Å². The number of carbonyl (C=O) groups excluding carboxylic acids is 1. The van der Waals surface area contributed by atoms with E-state index in [1.54, 1.807) is 0 Å². The van der Waals surface area contributed by atoms with Crippen molar-refractivity contribution in [2.45, 2.75) is 17.9 Å². The standard InChI is InChI=1S/C11H11Cl2NO4S/c1-6(15)14-10(11(16)17)5-19(18)7-2-3-8(12)9(13)4-7/h2-4,10H,5H2,1H3,(H,14,15)(H,16,17). The van der Waals surface area contributed by atoms with Gasteiger partial charge < -0.3 is 10.4 Å². The summed E-state index contributed by atoms with van der Waals surface area (Å²) in [5, 5.41) is 11.7. The SMILES string of the molecule is CC(=O)NC(CS(=O)c1ccc(Cl)c(Cl)c1)C(=O)O. The summed E-state index contributed by atoms with van der Waals surface area (Å²) in [5.41, 5.74) is 0. The van der Waals surface area contributed by atoms with Crippen LogP contribution in [0.25, 0.3) is 0 Å². The second-order valence-electron chi connectivity index (χ2n) is 3.68. The predicted octanol–water partition coefficient (Wildman–Crippen LogP) is 1.69. The number of hydrogen-bond acceptors (Lipinski definition) is 3. The maximum absolute atomic E-state index is 12.0. The molecule has 0 radical (unpaired) electrons. The number of carboxylic acids is 1. The minimum atomic E-state index is -1.61. The van der Waals surface area contributed by atoms with Gasteiger partial charge in [-0.1, -0.05) is 23.2 Å². The van der Waals surface area contributed by atoms with Crippen molar-refractivity contribution < 1.29 is 18.9 Å². The molecule has 1 aromatic rings. The maximum Gasteiger partial charge on any atom is 0.327 e. The van der Waals surface area contributed by atoms with Crippen LogP contribution in [0.4, 0.5) is 0 Å². The predicted molar refractivity (Wildman–Crippen MR) is 73.0 cm³/mol. The second-order valence-corrected chi connectivity index (χ2v) is 5.99. The first-order chi connectivity index (χ1) is 8.81. The molecule has 0 saturated carbocycles. The Morgan fingerprint density at radius 3 is 2.47 bits per heavy atom. The molecule has 2 N–H and O–H groups in total. The molecule has 8 heteroatoms. The van der Waals surface area contributed by atoms with Crippen molar-refractivity contribution in [2.75, 3.05) is 5.75 Å². The molecule has 19 heavy (non-hydrogen) atoms. The fourth-order valence-electron chi connectivity index (χ4n) is 1.29. The van der Waals surface area contributed by atoms with Crippen LogP contribution in [0.5, 0.6) is 0 Å². The van der Waals surface area contributed by atoms with Gasteiger partial charge in [0.05, 0.1) is 26.6 Å². The van der Waals surface area contributed by atoms with E-state index >= 15 is 0 Å². The van der Waals surface area contributed by atoms with Gasteiger partial charge in [-0.25, -0.2) is 4.79 Å². The molecule has 0 saturated heterocycles. The second kappa shape index (κ2) is 6.88. The van der Waals surface area contributed by atoms with E-state index in [-0.39, 0.29) is 10.8 Å². The smallest absolute Gasteiger partial charge is 0.327 e. The number of benzene rings is 1. The van der Waals surface area contributed by atoms with Crippen LogP contribution in [-0.2, 0) is 20.4 Å². The Balaban J connectivity index is 2.84.